The minimum Gasteiger partial charge on any atom is -0.394 e. The molecule has 1 aliphatic heterocycles. The molecule has 0 unspecified atom stereocenters. The number of rotatable bonds is 7. The molecule has 38 heavy (non-hydrogen) atoms. The third kappa shape index (κ3) is 4.85. The van der Waals surface area contributed by atoms with E-state index in [4.69, 9.17) is 17.3 Å². The maximum absolute atomic E-state index is 14.2. The molecule has 12 heteroatoms. The quantitative estimate of drug-likeness (QED) is 0.459. The summed E-state index contributed by atoms with van der Waals surface area (Å²) in [5.74, 6) is -1.17. The Balaban J connectivity index is 1.80. The lowest BCUT2D eigenvalue weighted by atomic mass is 9.75. The van der Waals surface area contributed by atoms with Crippen molar-refractivity contribution in [2.75, 3.05) is 6.61 Å². The number of carbonyl (C=O) groups is 1. The van der Waals surface area contributed by atoms with Crippen molar-refractivity contribution < 1.29 is 18.7 Å². The Labute approximate surface area is 223 Å². The maximum Gasteiger partial charge on any atom is 0.297 e. The van der Waals surface area contributed by atoms with Crippen LogP contribution in [0.5, 0.6) is 0 Å². The number of guanidine groups is 1. The fourth-order valence-corrected chi connectivity index (χ4v) is 4.91. The summed E-state index contributed by atoms with van der Waals surface area (Å²) >= 11 is 6.30. The lowest BCUT2D eigenvalue weighted by Gasteiger charge is -2.34. The number of nitrogens with two attached hydrogens (primary N) is 1. The molecular formula is C26H26ClF2N7O2. The topological polar surface area (TPSA) is 133 Å². The van der Waals surface area contributed by atoms with Gasteiger partial charge < -0.3 is 10.8 Å². The van der Waals surface area contributed by atoms with E-state index in [0.29, 0.717) is 23.1 Å². The highest BCUT2D eigenvalue weighted by atomic mass is 35.5. The minimum absolute atomic E-state index is 0.102. The Morgan fingerprint density at radius 1 is 1.21 bits per heavy atom. The molecule has 0 saturated heterocycles. The molecule has 1 aromatic heterocycles. The van der Waals surface area contributed by atoms with E-state index in [-0.39, 0.29) is 22.1 Å². The number of halogens is 3. The number of benzene rings is 2. The first-order valence-corrected chi connectivity index (χ1v) is 12.1. The van der Waals surface area contributed by atoms with E-state index in [1.807, 2.05) is 20.8 Å². The SMILES string of the molecule is CC(C)(C)C[C@]1(c2ccc(C#N)cc2)N=C(N)N([C@H](CO)c2ccc(Cl)c(-n3ncnc3C(F)F)c2)C1=O. The molecule has 0 saturated carbocycles. The number of aliphatic hydroxyl groups is 1. The Morgan fingerprint density at radius 2 is 1.89 bits per heavy atom. The van der Waals surface area contributed by atoms with Crippen molar-refractivity contribution in [2.45, 2.75) is 45.2 Å². The normalized spacial score (nSPS) is 18.6. The first-order chi connectivity index (χ1) is 17.9. The molecule has 198 valence electrons. The van der Waals surface area contributed by atoms with Crippen LogP contribution in [-0.4, -0.2) is 43.2 Å². The van der Waals surface area contributed by atoms with Crippen molar-refractivity contribution in [3.05, 3.63) is 76.3 Å². The number of amides is 1. The fourth-order valence-electron chi connectivity index (χ4n) is 4.72. The number of aliphatic hydroxyl groups excluding tert-OH is 1. The van der Waals surface area contributed by atoms with Gasteiger partial charge in [0.1, 0.15) is 6.33 Å². The summed E-state index contributed by atoms with van der Waals surface area (Å²) in [7, 11) is 0. The predicted octanol–water partition coefficient (Wildman–Crippen LogP) is 4.25. The molecule has 3 aromatic rings. The molecule has 0 bridgehead atoms. The van der Waals surface area contributed by atoms with E-state index in [2.05, 4.69) is 21.1 Å². The summed E-state index contributed by atoms with van der Waals surface area (Å²) in [6.45, 7) is 5.36. The van der Waals surface area contributed by atoms with Gasteiger partial charge in [0.05, 0.1) is 35.0 Å². The number of aromatic nitrogens is 3. The molecule has 4 rings (SSSR count). The Bertz CT molecular complexity index is 1430. The van der Waals surface area contributed by atoms with Gasteiger partial charge in [0.15, 0.2) is 17.3 Å². The number of alkyl halides is 2. The van der Waals surface area contributed by atoms with Gasteiger partial charge in [0.2, 0.25) is 0 Å². The number of hydrogen-bond acceptors (Lipinski definition) is 7. The molecule has 2 aromatic carbocycles. The third-order valence-corrected chi connectivity index (χ3v) is 6.56. The lowest BCUT2D eigenvalue weighted by Crippen LogP contribution is -2.47. The summed E-state index contributed by atoms with van der Waals surface area (Å²) in [4.78, 5) is 23.6. The van der Waals surface area contributed by atoms with Gasteiger partial charge >= 0.3 is 0 Å². The highest BCUT2D eigenvalue weighted by molar-refractivity contribution is 6.32. The third-order valence-electron chi connectivity index (χ3n) is 6.24. The maximum atomic E-state index is 14.2. The van der Waals surface area contributed by atoms with E-state index >= 15 is 0 Å². The summed E-state index contributed by atoms with van der Waals surface area (Å²) < 4.78 is 27.9. The lowest BCUT2D eigenvalue weighted by molar-refractivity contribution is -0.135. The molecule has 0 fully saturated rings. The van der Waals surface area contributed by atoms with Crippen molar-refractivity contribution in [2.24, 2.45) is 16.1 Å². The Hall–Kier alpha value is -3.88. The average molecular weight is 542 g/mol. The Morgan fingerprint density at radius 3 is 2.47 bits per heavy atom. The first-order valence-electron chi connectivity index (χ1n) is 11.7. The molecule has 2 atom stereocenters. The summed E-state index contributed by atoms with van der Waals surface area (Å²) in [6, 6.07) is 12.1. The number of carbonyl (C=O) groups excluding carboxylic acids is 1. The van der Waals surface area contributed by atoms with Gasteiger partial charge in [-0.25, -0.2) is 23.4 Å². The second-order valence-electron chi connectivity index (χ2n) is 10.2. The van der Waals surface area contributed by atoms with Crippen LogP contribution < -0.4 is 5.73 Å². The zero-order chi connectivity index (χ0) is 27.8. The zero-order valence-electron chi connectivity index (χ0n) is 20.9. The van der Waals surface area contributed by atoms with Crippen molar-refractivity contribution >= 4 is 23.5 Å². The molecule has 0 spiro atoms. The molecule has 1 aliphatic rings. The van der Waals surface area contributed by atoms with Crippen molar-refractivity contribution in [3.63, 3.8) is 0 Å². The van der Waals surface area contributed by atoms with Crippen LogP contribution in [-0.2, 0) is 10.3 Å². The molecule has 2 heterocycles. The molecular weight excluding hydrogens is 516 g/mol. The second kappa shape index (κ2) is 10.1. The minimum atomic E-state index is -2.90. The van der Waals surface area contributed by atoms with Crippen molar-refractivity contribution in [1.82, 2.24) is 19.7 Å². The van der Waals surface area contributed by atoms with Gasteiger partial charge in [-0.05, 0) is 47.2 Å². The van der Waals surface area contributed by atoms with Crippen LogP contribution in [0.3, 0.4) is 0 Å². The molecule has 0 radical (unpaired) electrons. The van der Waals surface area contributed by atoms with E-state index < -0.39 is 36.3 Å². The molecule has 3 N–H and O–H groups in total. The van der Waals surface area contributed by atoms with Crippen molar-refractivity contribution in [3.8, 4) is 11.8 Å². The zero-order valence-corrected chi connectivity index (χ0v) is 21.7. The van der Waals surface area contributed by atoms with Crippen LogP contribution in [0.2, 0.25) is 5.02 Å². The highest BCUT2D eigenvalue weighted by Gasteiger charge is 2.52. The van der Waals surface area contributed by atoms with Gasteiger partial charge in [-0.15, -0.1) is 0 Å². The highest BCUT2D eigenvalue weighted by Crippen LogP contribution is 2.45. The average Bonchev–Trinajstić information content (AvgIpc) is 3.44. The van der Waals surface area contributed by atoms with E-state index in [9.17, 15) is 23.9 Å². The standard InChI is InChI=1S/C26H26ClF2N7O2/c1-25(2,3)13-26(17-7-4-15(11-30)5-8-17)23(38)35(24(31)34-26)20(12-37)16-6-9-18(27)19(10-16)36-22(21(28)29)32-14-33-36/h4-10,14,20-21,37H,12-13H2,1-3H3,(H2,31,34)/t20-,26-/m1/s1. The van der Waals surface area contributed by atoms with E-state index in [0.717, 1.165) is 11.0 Å². The van der Waals surface area contributed by atoms with Crippen LogP contribution in [0, 0.1) is 16.7 Å². The van der Waals surface area contributed by atoms with Gasteiger partial charge in [-0.1, -0.05) is 50.6 Å². The second-order valence-corrected chi connectivity index (χ2v) is 10.6. The number of hydrogen-bond donors (Lipinski definition) is 2. The first kappa shape index (κ1) is 27.2. The largest absolute Gasteiger partial charge is 0.394 e. The Kier molecular flexibility index (Phi) is 7.23. The van der Waals surface area contributed by atoms with Crippen LogP contribution in [0.4, 0.5) is 8.78 Å². The van der Waals surface area contributed by atoms with Gasteiger partial charge in [0.25, 0.3) is 12.3 Å². The number of aliphatic imine (C=N–C) groups is 1. The smallest absolute Gasteiger partial charge is 0.297 e. The van der Waals surface area contributed by atoms with Crippen LogP contribution in [0.1, 0.15) is 62.2 Å². The molecule has 0 aliphatic carbocycles. The number of nitriles is 1. The number of nitrogens with zero attached hydrogens (tertiary/aromatic N) is 6. The van der Waals surface area contributed by atoms with Crippen LogP contribution >= 0.6 is 11.6 Å². The summed E-state index contributed by atoms with van der Waals surface area (Å²) in [6.07, 6.45) is -1.62. The van der Waals surface area contributed by atoms with E-state index in [1.165, 1.54) is 17.0 Å². The summed E-state index contributed by atoms with van der Waals surface area (Å²) in [5, 5.41) is 23.6. The van der Waals surface area contributed by atoms with Gasteiger partial charge in [0, 0.05) is 0 Å². The monoisotopic (exact) mass is 541 g/mol. The van der Waals surface area contributed by atoms with Crippen molar-refractivity contribution in [1.29, 1.82) is 5.26 Å². The molecule has 1 amide bonds. The van der Waals surface area contributed by atoms with Crippen LogP contribution in [0.25, 0.3) is 5.69 Å². The molecule has 9 nitrogen and oxygen atoms in total. The van der Waals surface area contributed by atoms with Gasteiger partial charge in [-0.3, -0.25) is 9.69 Å². The van der Waals surface area contributed by atoms with E-state index in [1.54, 1.807) is 30.3 Å². The van der Waals surface area contributed by atoms with Gasteiger partial charge in [-0.2, -0.15) is 10.4 Å². The summed E-state index contributed by atoms with van der Waals surface area (Å²) in [5.41, 5.74) is 6.05. The predicted molar refractivity (Wildman–Crippen MR) is 137 cm³/mol. The van der Waals surface area contributed by atoms with Crippen LogP contribution in [0.15, 0.2) is 53.8 Å². The fraction of sp³-hybridized carbons (Fsp3) is 0.346.